The zero-order valence-electron chi connectivity index (χ0n) is 13.3. The third-order valence-electron chi connectivity index (χ3n) is 4.70. The van der Waals surface area contributed by atoms with Crippen molar-refractivity contribution >= 4 is 0 Å². The van der Waals surface area contributed by atoms with E-state index >= 15 is 0 Å². The number of nitrogens with zero attached hydrogens (tertiary/aromatic N) is 2. The van der Waals surface area contributed by atoms with Crippen LogP contribution in [0.1, 0.15) is 23.4 Å². The fourth-order valence-electron chi connectivity index (χ4n) is 3.36. The molecule has 0 saturated carbocycles. The Morgan fingerprint density at radius 1 is 1.08 bits per heavy atom. The summed E-state index contributed by atoms with van der Waals surface area (Å²) in [6.07, 6.45) is 1.83. The molecular weight excluding hydrogens is 302 g/mol. The van der Waals surface area contributed by atoms with Crippen LogP contribution in [0.3, 0.4) is 0 Å². The van der Waals surface area contributed by atoms with Crippen molar-refractivity contribution in [2.24, 2.45) is 0 Å². The predicted octanol–water partition coefficient (Wildman–Crippen LogP) is 2.66. The highest BCUT2D eigenvalue weighted by Crippen LogP contribution is 2.36. The monoisotopic (exact) mass is 321 g/mol. The van der Waals surface area contributed by atoms with E-state index in [1.54, 1.807) is 0 Å². The molecule has 2 aromatic carbocycles. The zero-order valence-corrected chi connectivity index (χ0v) is 13.3. The number of aromatic nitrogens is 2. The number of nitrogens with one attached hydrogen (secondary N) is 1. The maximum atomic E-state index is 10.00. The number of benzene rings is 2. The van der Waals surface area contributed by atoms with Crippen LogP contribution >= 0.6 is 0 Å². The SMILES string of the molecule is OCC1(NCc2noc(-c3ccccc3)n2)CCc2ccccc21. The Bertz CT molecular complexity index is 831. The molecule has 0 fully saturated rings. The molecule has 5 heteroatoms. The molecule has 3 aromatic rings. The van der Waals surface area contributed by atoms with Crippen LogP contribution in [0, 0.1) is 0 Å². The number of aliphatic hydroxyl groups is 1. The van der Waals surface area contributed by atoms with Crippen LogP contribution in [0.4, 0.5) is 0 Å². The van der Waals surface area contributed by atoms with Gasteiger partial charge in [0.15, 0.2) is 5.82 Å². The fourth-order valence-corrected chi connectivity index (χ4v) is 3.36. The summed E-state index contributed by atoms with van der Waals surface area (Å²) < 4.78 is 5.34. The molecule has 0 radical (unpaired) electrons. The highest BCUT2D eigenvalue weighted by atomic mass is 16.5. The van der Waals surface area contributed by atoms with Crippen molar-refractivity contribution in [2.75, 3.05) is 6.61 Å². The second kappa shape index (κ2) is 6.19. The minimum atomic E-state index is -0.426. The molecule has 1 aliphatic rings. The average molecular weight is 321 g/mol. The molecule has 4 rings (SSSR count). The normalized spacial score (nSPS) is 19.4. The smallest absolute Gasteiger partial charge is 0.257 e. The van der Waals surface area contributed by atoms with Crippen LogP contribution < -0.4 is 5.32 Å². The van der Waals surface area contributed by atoms with Crippen LogP contribution in [-0.4, -0.2) is 21.9 Å². The molecule has 24 heavy (non-hydrogen) atoms. The van der Waals surface area contributed by atoms with Gasteiger partial charge < -0.3 is 9.63 Å². The Hall–Kier alpha value is -2.50. The molecule has 1 atom stereocenters. The lowest BCUT2D eigenvalue weighted by atomic mass is 9.92. The van der Waals surface area contributed by atoms with Crippen molar-refractivity contribution in [3.05, 3.63) is 71.5 Å². The highest BCUT2D eigenvalue weighted by Gasteiger charge is 2.37. The number of aliphatic hydroxyl groups excluding tert-OH is 1. The Labute approximate surface area is 140 Å². The second-order valence-corrected chi connectivity index (χ2v) is 6.13. The maximum absolute atomic E-state index is 10.00. The Morgan fingerprint density at radius 2 is 1.88 bits per heavy atom. The molecule has 122 valence electrons. The summed E-state index contributed by atoms with van der Waals surface area (Å²) in [5.41, 5.74) is 2.93. The van der Waals surface area contributed by atoms with Crippen LogP contribution in [0.25, 0.3) is 11.5 Å². The van der Waals surface area contributed by atoms with Crippen LogP contribution in [0.15, 0.2) is 59.1 Å². The Morgan fingerprint density at radius 3 is 2.71 bits per heavy atom. The molecule has 0 aliphatic heterocycles. The van der Waals surface area contributed by atoms with E-state index in [9.17, 15) is 5.11 Å². The number of rotatable bonds is 5. The summed E-state index contributed by atoms with van der Waals surface area (Å²) in [5, 5.41) is 17.5. The van der Waals surface area contributed by atoms with E-state index < -0.39 is 5.54 Å². The Kier molecular flexibility index (Phi) is 3.88. The van der Waals surface area contributed by atoms with E-state index in [4.69, 9.17) is 4.52 Å². The summed E-state index contributed by atoms with van der Waals surface area (Å²) in [7, 11) is 0. The third-order valence-corrected chi connectivity index (χ3v) is 4.70. The summed E-state index contributed by atoms with van der Waals surface area (Å²) in [4.78, 5) is 4.44. The van der Waals surface area contributed by atoms with Crippen LogP contribution in [0.2, 0.25) is 0 Å². The maximum Gasteiger partial charge on any atom is 0.257 e. The molecule has 1 heterocycles. The lowest BCUT2D eigenvalue weighted by molar-refractivity contribution is 0.157. The van der Waals surface area contributed by atoms with Crippen LogP contribution in [-0.2, 0) is 18.5 Å². The number of hydrogen-bond donors (Lipinski definition) is 2. The molecule has 1 aromatic heterocycles. The summed E-state index contributed by atoms with van der Waals surface area (Å²) in [5.74, 6) is 1.10. The molecule has 1 aliphatic carbocycles. The van der Waals surface area contributed by atoms with Crippen molar-refractivity contribution < 1.29 is 9.63 Å². The van der Waals surface area contributed by atoms with Gasteiger partial charge in [0.2, 0.25) is 0 Å². The van der Waals surface area contributed by atoms with Crippen molar-refractivity contribution in [3.8, 4) is 11.5 Å². The van der Waals surface area contributed by atoms with Gasteiger partial charge in [0.05, 0.1) is 18.7 Å². The van der Waals surface area contributed by atoms with Gasteiger partial charge in [0, 0.05) is 5.56 Å². The molecule has 0 saturated heterocycles. The lowest BCUT2D eigenvalue weighted by Gasteiger charge is -2.29. The number of aryl methyl sites for hydroxylation is 1. The first-order valence-corrected chi connectivity index (χ1v) is 8.13. The minimum absolute atomic E-state index is 0.0490. The van der Waals surface area contributed by atoms with E-state index in [-0.39, 0.29) is 6.61 Å². The first-order chi connectivity index (χ1) is 11.8. The topological polar surface area (TPSA) is 71.2 Å². The summed E-state index contributed by atoms with van der Waals surface area (Å²) >= 11 is 0. The largest absolute Gasteiger partial charge is 0.394 e. The average Bonchev–Trinajstić information content (AvgIpc) is 3.26. The summed E-state index contributed by atoms with van der Waals surface area (Å²) in [6.45, 7) is 0.499. The lowest BCUT2D eigenvalue weighted by Crippen LogP contribution is -2.43. The van der Waals surface area contributed by atoms with Crippen molar-refractivity contribution in [2.45, 2.75) is 24.9 Å². The molecule has 1 unspecified atom stereocenters. The first kappa shape index (κ1) is 15.1. The van der Waals surface area contributed by atoms with Gasteiger partial charge in [-0.15, -0.1) is 0 Å². The van der Waals surface area contributed by atoms with Crippen molar-refractivity contribution in [1.29, 1.82) is 0 Å². The molecule has 2 N–H and O–H groups in total. The van der Waals surface area contributed by atoms with Gasteiger partial charge in [-0.3, -0.25) is 5.32 Å². The molecule has 0 spiro atoms. The minimum Gasteiger partial charge on any atom is -0.394 e. The van der Waals surface area contributed by atoms with Gasteiger partial charge >= 0.3 is 0 Å². The van der Waals surface area contributed by atoms with E-state index in [1.165, 1.54) is 11.1 Å². The highest BCUT2D eigenvalue weighted by molar-refractivity contribution is 5.52. The number of hydrogen-bond acceptors (Lipinski definition) is 5. The third kappa shape index (κ3) is 2.62. The quantitative estimate of drug-likeness (QED) is 0.756. The van der Waals surface area contributed by atoms with E-state index in [0.29, 0.717) is 18.3 Å². The molecule has 0 amide bonds. The number of fused-ring (bicyclic) bond motifs is 1. The van der Waals surface area contributed by atoms with Gasteiger partial charge in [-0.25, -0.2) is 0 Å². The second-order valence-electron chi connectivity index (χ2n) is 6.13. The van der Waals surface area contributed by atoms with E-state index in [1.807, 2.05) is 42.5 Å². The molecule has 5 nitrogen and oxygen atoms in total. The molecular formula is C19H19N3O2. The van der Waals surface area contributed by atoms with Gasteiger partial charge in [-0.2, -0.15) is 4.98 Å². The van der Waals surface area contributed by atoms with Gasteiger partial charge in [0.25, 0.3) is 5.89 Å². The van der Waals surface area contributed by atoms with E-state index in [2.05, 4.69) is 27.6 Å². The van der Waals surface area contributed by atoms with Gasteiger partial charge in [-0.05, 0) is 36.1 Å². The standard InChI is InChI=1S/C19H19N3O2/c23-13-19(11-10-14-6-4-5-9-16(14)19)20-12-17-21-18(24-22-17)15-7-2-1-3-8-15/h1-9,20,23H,10-13H2. The van der Waals surface area contributed by atoms with Gasteiger partial charge in [0.1, 0.15) is 0 Å². The first-order valence-electron chi connectivity index (χ1n) is 8.13. The van der Waals surface area contributed by atoms with E-state index in [0.717, 1.165) is 18.4 Å². The summed E-state index contributed by atoms with van der Waals surface area (Å²) in [6, 6.07) is 18.0. The van der Waals surface area contributed by atoms with Gasteiger partial charge in [-0.1, -0.05) is 47.6 Å². The zero-order chi connectivity index (χ0) is 16.4. The Balaban J connectivity index is 1.52. The van der Waals surface area contributed by atoms with Crippen LogP contribution in [0.5, 0.6) is 0 Å². The molecule has 0 bridgehead atoms. The fraction of sp³-hybridized carbons (Fsp3) is 0.263. The predicted molar refractivity (Wildman–Crippen MR) is 90.1 cm³/mol. The van der Waals surface area contributed by atoms with Crippen molar-refractivity contribution in [1.82, 2.24) is 15.5 Å². The van der Waals surface area contributed by atoms with Crippen molar-refractivity contribution in [3.63, 3.8) is 0 Å².